The first-order chi connectivity index (χ1) is 15.9. The molecule has 9 heteroatoms. The first kappa shape index (κ1) is 23.8. The molecule has 0 fully saturated rings. The Balaban J connectivity index is 1.58. The molecule has 0 atom stereocenters. The molecule has 0 unspecified atom stereocenters. The molecular weight excluding hydrogens is 492 g/mol. The molecule has 0 aromatic heterocycles. The summed E-state index contributed by atoms with van der Waals surface area (Å²) in [6.45, 7) is 0.285. The first-order valence-corrected chi connectivity index (χ1v) is 10.5. The molecule has 170 valence electrons. The van der Waals surface area contributed by atoms with Crippen LogP contribution in [0, 0.1) is 0 Å². The van der Waals surface area contributed by atoms with Gasteiger partial charge in [-0.15, -0.1) is 0 Å². The van der Waals surface area contributed by atoms with Gasteiger partial charge in [0.15, 0.2) is 11.5 Å². The average molecular weight is 513 g/mol. The second-order valence-corrected chi connectivity index (χ2v) is 7.60. The predicted molar refractivity (Wildman–Crippen MR) is 126 cm³/mol. The first-order valence-electron chi connectivity index (χ1n) is 9.71. The van der Waals surface area contributed by atoms with Crippen molar-refractivity contribution in [2.24, 2.45) is 5.10 Å². The lowest BCUT2D eigenvalue weighted by Crippen LogP contribution is -2.17. The van der Waals surface area contributed by atoms with Gasteiger partial charge >= 0.3 is 5.97 Å². The Morgan fingerprint density at radius 3 is 2.24 bits per heavy atom. The van der Waals surface area contributed by atoms with Gasteiger partial charge in [-0.3, -0.25) is 4.79 Å². The summed E-state index contributed by atoms with van der Waals surface area (Å²) in [7, 11) is 3.02. The molecule has 0 aliphatic rings. The van der Waals surface area contributed by atoms with E-state index in [1.165, 1.54) is 32.6 Å². The maximum absolute atomic E-state index is 12.3. The van der Waals surface area contributed by atoms with E-state index in [0.717, 1.165) is 11.1 Å². The van der Waals surface area contributed by atoms with E-state index in [2.05, 4.69) is 26.5 Å². The van der Waals surface area contributed by atoms with E-state index in [4.69, 9.17) is 19.3 Å². The van der Waals surface area contributed by atoms with Crippen LogP contribution in [-0.4, -0.2) is 37.4 Å². The summed E-state index contributed by atoms with van der Waals surface area (Å²) in [5, 5.41) is 13.0. The van der Waals surface area contributed by atoms with E-state index in [1.54, 1.807) is 48.5 Å². The minimum atomic E-state index is -0.970. The number of nitrogens with zero attached hydrogens (tertiary/aromatic N) is 1. The number of methoxy groups -OCH3 is 2. The van der Waals surface area contributed by atoms with Gasteiger partial charge in [-0.05, 0) is 75.6 Å². The third kappa shape index (κ3) is 6.33. The van der Waals surface area contributed by atoms with Crippen LogP contribution < -0.4 is 19.6 Å². The van der Waals surface area contributed by atoms with Crippen LogP contribution in [0.25, 0.3) is 0 Å². The van der Waals surface area contributed by atoms with Crippen molar-refractivity contribution in [3.63, 3.8) is 0 Å². The SMILES string of the molecule is COc1ccc(C(=O)N/N=C/c2ccc(OCc3ccc(C(=O)O)cc3)c(Br)c2)cc1OC. The quantitative estimate of drug-likeness (QED) is 0.322. The molecule has 0 bridgehead atoms. The molecule has 3 aromatic rings. The molecule has 2 N–H and O–H groups in total. The minimum absolute atomic E-state index is 0.224. The lowest BCUT2D eigenvalue weighted by atomic mass is 10.1. The van der Waals surface area contributed by atoms with Crippen LogP contribution in [0.5, 0.6) is 17.2 Å². The molecule has 0 aliphatic carbocycles. The van der Waals surface area contributed by atoms with E-state index in [1.807, 2.05) is 0 Å². The third-order valence-corrected chi connectivity index (χ3v) is 5.20. The molecule has 3 rings (SSSR count). The highest BCUT2D eigenvalue weighted by molar-refractivity contribution is 9.10. The Labute approximate surface area is 198 Å². The highest BCUT2D eigenvalue weighted by Gasteiger charge is 2.10. The van der Waals surface area contributed by atoms with Crippen molar-refractivity contribution in [3.8, 4) is 17.2 Å². The number of carboxylic acid groups (broad SMARTS) is 1. The van der Waals surface area contributed by atoms with Gasteiger partial charge < -0.3 is 19.3 Å². The van der Waals surface area contributed by atoms with Gasteiger partial charge in [0.05, 0.1) is 30.5 Å². The van der Waals surface area contributed by atoms with Crippen LogP contribution in [0.3, 0.4) is 0 Å². The van der Waals surface area contributed by atoms with E-state index < -0.39 is 5.97 Å². The Bertz CT molecular complexity index is 1180. The fourth-order valence-electron chi connectivity index (χ4n) is 2.83. The molecule has 0 heterocycles. The average Bonchev–Trinajstić information content (AvgIpc) is 2.83. The van der Waals surface area contributed by atoms with Gasteiger partial charge in [-0.1, -0.05) is 12.1 Å². The number of hydrazone groups is 1. The Hall–Kier alpha value is -3.85. The summed E-state index contributed by atoms with van der Waals surface area (Å²) < 4.78 is 16.9. The van der Waals surface area contributed by atoms with Crippen molar-refractivity contribution in [3.05, 3.63) is 87.4 Å². The van der Waals surface area contributed by atoms with Crippen LogP contribution in [-0.2, 0) is 6.61 Å². The number of carbonyl (C=O) groups excluding carboxylic acids is 1. The Morgan fingerprint density at radius 1 is 0.939 bits per heavy atom. The number of hydrogen-bond acceptors (Lipinski definition) is 6. The number of hydrogen-bond donors (Lipinski definition) is 2. The lowest BCUT2D eigenvalue weighted by molar-refractivity contribution is 0.0696. The van der Waals surface area contributed by atoms with Gasteiger partial charge in [-0.25, -0.2) is 10.2 Å². The number of nitrogens with one attached hydrogen (secondary N) is 1. The molecule has 3 aromatic carbocycles. The standard InChI is InChI=1S/C24H21BrN2O6/c1-31-21-10-8-18(12-22(21)32-2)23(28)27-26-13-16-5-9-20(19(25)11-16)33-14-15-3-6-17(7-4-15)24(29)30/h3-13H,14H2,1-2H3,(H,27,28)(H,29,30)/b26-13+. The normalized spacial score (nSPS) is 10.6. The maximum atomic E-state index is 12.3. The molecule has 0 spiro atoms. The van der Waals surface area contributed by atoms with Gasteiger partial charge in [-0.2, -0.15) is 5.10 Å². The number of amides is 1. The number of aromatic carboxylic acids is 1. The summed E-state index contributed by atoms with van der Waals surface area (Å²) in [6, 6.07) is 16.7. The van der Waals surface area contributed by atoms with Crippen LogP contribution in [0.1, 0.15) is 31.8 Å². The van der Waals surface area contributed by atoms with Crippen molar-refractivity contribution in [1.82, 2.24) is 5.43 Å². The highest BCUT2D eigenvalue weighted by Crippen LogP contribution is 2.28. The summed E-state index contributed by atoms with van der Waals surface area (Å²) in [5.74, 6) is 0.236. The number of ether oxygens (including phenoxy) is 3. The number of benzene rings is 3. The maximum Gasteiger partial charge on any atom is 0.335 e. The zero-order chi connectivity index (χ0) is 23.8. The summed E-state index contributed by atoms with van der Waals surface area (Å²) in [5.41, 5.74) is 4.67. The van der Waals surface area contributed by atoms with E-state index >= 15 is 0 Å². The number of carboxylic acids is 1. The zero-order valence-electron chi connectivity index (χ0n) is 17.9. The summed E-state index contributed by atoms with van der Waals surface area (Å²) in [6.07, 6.45) is 1.51. The third-order valence-electron chi connectivity index (χ3n) is 4.58. The lowest BCUT2D eigenvalue weighted by Gasteiger charge is -2.09. The zero-order valence-corrected chi connectivity index (χ0v) is 19.5. The fourth-order valence-corrected chi connectivity index (χ4v) is 3.34. The molecule has 0 saturated carbocycles. The Morgan fingerprint density at radius 2 is 1.61 bits per heavy atom. The number of halogens is 1. The van der Waals surface area contributed by atoms with E-state index in [0.29, 0.717) is 27.3 Å². The van der Waals surface area contributed by atoms with Crippen molar-refractivity contribution >= 4 is 34.0 Å². The smallest absolute Gasteiger partial charge is 0.335 e. The topological polar surface area (TPSA) is 106 Å². The molecule has 0 saturated heterocycles. The van der Waals surface area contributed by atoms with Crippen LogP contribution in [0.15, 0.2) is 70.2 Å². The molecule has 0 radical (unpaired) electrons. The minimum Gasteiger partial charge on any atom is -0.493 e. The Kier molecular flexibility index (Phi) is 8.04. The monoisotopic (exact) mass is 512 g/mol. The second-order valence-electron chi connectivity index (χ2n) is 6.75. The van der Waals surface area contributed by atoms with Crippen molar-refractivity contribution < 1.29 is 28.9 Å². The van der Waals surface area contributed by atoms with Gasteiger partial charge in [0.1, 0.15) is 12.4 Å². The van der Waals surface area contributed by atoms with Gasteiger partial charge in [0.2, 0.25) is 0 Å². The predicted octanol–water partition coefficient (Wildman–Crippen LogP) is 4.51. The van der Waals surface area contributed by atoms with Gasteiger partial charge in [0.25, 0.3) is 5.91 Å². The van der Waals surface area contributed by atoms with Crippen LogP contribution in [0.4, 0.5) is 0 Å². The van der Waals surface area contributed by atoms with Crippen molar-refractivity contribution in [1.29, 1.82) is 0 Å². The second kappa shape index (κ2) is 11.1. The summed E-state index contributed by atoms with van der Waals surface area (Å²) >= 11 is 3.46. The molecule has 33 heavy (non-hydrogen) atoms. The van der Waals surface area contributed by atoms with E-state index in [9.17, 15) is 9.59 Å². The van der Waals surface area contributed by atoms with Crippen LogP contribution in [0.2, 0.25) is 0 Å². The largest absolute Gasteiger partial charge is 0.493 e. The fraction of sp³-hybridized carbons (Fsp3) is 0.125. The van der Waals surface area contributed by atoms with Crippen LogP contribution >= 0.6 is 15.9 Å². The molecular formula is C24H21BrN2O6. The van der Waals surface area contributed by atoms with Gasteiger partial charge in [0, 0.05) is 5.56 Å². The molecule has 8 nitrogen and oxygen atoms in total. The van der Waals surface area contributed by atoms with E-state index in [-0.39, 0.29) is 18.1 Å². The molecule has 1 amide bonds. The summed E-state index contributed by atoms with van der Waals surface area (Å²) in [4.78, 5) is 23.2. The highest BCUT2D eigenvalue weighted by atomic mass is 79.9. The number of carbonyl (C=O) groups is 2. The molecule has 0 aliphatic heterocycles. The van der Waals surface area contributed by atoms with Crippen molar-refractivity contribution in [2.75, 3.05) is 14.2 Å². The number of rotatable bonds is 9. The van der Waals surface area contributed by atoms with Crippen molar-refractivity contribution in [2.45, 2.75) is 6.61 Å².